The van der Waals surface area contributed by atoms with Crippen molar-refractivity contribution in [3.05, 3.63) is 65.7 Å². The van der Waals surface area contributed by atoms with E-state index in [0.29, 0.717) is 72.3 Å². The van der Waals surface area contributed by atoms with Crippen LogP contribution in [-0.2, 0) is 11.3 Å². The first-order valence-electron chi connectivity index (χ1n) is 13.8. The number of carbonyl (C=O) groups excluding carboxylic acids is 1. The van der Waals surface area contributed by atoms with Crippen molar-refractivity contribution in [2.24, 2.45) is 0 Å². The summed E-state index contributed by atoms with van der Waals surface area (Å²) in [6.45, 7) is 9.87. The maximum atomic E-state index is 15.5. The Morgan fingerprint density at radius 3 is 2.38 bits per heavy atom. The van der Waals surface area contributed by atoms with Crippen LogP contribution >= 0.6 is 0 Å². The highest BCUT2D eigenvalue weighted by atomic mass is 19.1. The molecule has 2 aromatic carbocycles. The molecular formula is C31H33F2N7O2. The van der Waals surface area contributed by atoms with Crippen LogP contribution in [0.2, 0.25) is 0 Å². The van der Waals surface area contributed by atoms with Gasteiger partial charge in [-0.2, -0.15) is 10.4 Å². The van der Waals surface area contributed by atoms with Crippen molar-refractivity contribution in [1.29, 1.82) is 5.26 Å². The van der Waals surface area contributed by atoms with Gasteiger partial charge in [-0.15, -0.1) is 0 Å². The van der Waals surface area contributed by atoms with E-state index in [1.165, 1.54) is 18.2 Å². The van der Waals surface area contributed by atoms with Gasteiger partial charge in [0.05, 0.1) is 11.3 Å². The lowest BCUT2D eigenvalue weighted by molar-refractivity contribution is 0.0240. The molecule has 1 fully saturated rings. The Labute approximate surface area is 243 Å². The summed E-state index contributed by atoms with van der Waals surface area (Å²) in [4.78, 5) is 22.8. The molecule has 0 atom stereocenters. The minimum absolute atomic E-state index is 0.238. The zero-order chi connectivity index (χ0) is 30.2. The first-order valence-corrected chi connectivity index (χ1v) is 13.8. The van der Waals surface area contributed by atoms with E-state index in [2.05, 4.69) is 11.2 Å². The second-order valence-electron chi connectivity index (χ2n) is 11.2. The highest BCUT2D eigenvalue weighted by Gasteiger charge is 2.27. The van der Waals surface area contributed by atoms with E-state index in [0.717, 1.165) is 0 Å². The Morgan fingerprint density at radius 1 is 1.07 bits per heavy atom. The molecule has 4 aromatic rings. The highest BCUT2D eigenvalue weighted by Crippen LogP contribution is 2.36. The molecule has 1 aliphatic heterocycles. The average Bonchev–Trinajstić information content (AvgIpc) is 3.35. The molecule has 0 unspecified atom stereocenters. The lowest BCUT2D eigenvalue weighted by Gasteiger charge is -2.36. The Morgan fingerprint density at radius 2 is 1.76 bits per heavy atom. The fourth-order valence-electron chi connectivity index (χ4n) is 5.06. The van der Waals surface area contributed by atoms with Gasteiger partial charge in [-0.3, -0.25) is 0 Å². The standard InChI is InChI=1S/C31H33F2N7O2/c1-6-40-29(37(5)26-12-9-21(19-34)27(35-26)20-7-10-22(32)11-8-20)24-17-23(18-25(33)28(24)36-40)38-13-15-39(16-14-38)30(41)42-31(2,3)4/h7-12,17-18H,6,13-16H2,1-5H3. The summed E-state index contributed by atoms with van der Waals surface area (Å²) in [7, 11) is 1.82. The number of amides is 1. The number of rotatable bonds is 5. The molecule has 0 aliphatic carbocycles. The summed E-state index contributed by atoms with van der Waals surface area (Å²) < 4.78 is 36.3. The third-order valence-electron chi connectivity index (χ3n) is 7.13. The summed E-state index contributed by atoms with van der Waals surface area (Å²) >= 11 is 0. The lowest BCUT2D eigenvalue weighted by atomic mass is 10.1. The van der Waals surface area contributed by atoms with Gasteiger partial charge in [0.25, 0.3) is 0 Å². The predicted molar refractivity (Wildman–Crippen MR) is 158 cm³/mol. The molecule has 0 N–H and O–H groups in total. The number of fused-ring (bicyclic) bond motifs is 1. The molecule has 2 aromatic heterocycles. The summed E-state index contributed by atoms with van der Waals surface area (Å²) in [6, 6.07) is 14.8. The maximum absolute atomic E-state index is 15.5. The van der Waals surface area contributed by atoms with E-state index in [4.69, 9.17) is 9.72 Å². The number of benzene rings is 2. The van der Waals surface area contributed by atoms with Gasteiger partial charge >= 0.3 is 6.09 Å². The third kappa shape index (κ3) is 5.70. The van der Waals surface area contributed by atoms with Crippen molar-refractivity contribution < 1.29 is 18.3 Å². The van der Waals surface area contributed by atoms with E-state index in [-0.39, 0.29) is 17.4 Å². The molecule has 1 aliphatic rings. The number of ether oxygens (including phenoxy) is 1. The molecule has 0 bridgehead atoms. The third-order valence-corrected chi connectivity index (χ3v) is 7.13. The zero-order valence-electron chi connectivity index (χ0n) is 24.4. The summed E-state index contributed by atoms with van der Waals surface area (Å²) in [6.07, 6.45) is -0.355. The topological polar surface area (TPSA) is 90.5 Å². The van der Waals surface area contributed by atoms with Gasteiger partial charge in [0.1, 0.15) is 34.6 Å². The fraction of sp³-hybridized carbons (Fsp3) is 0.355. The number of aryl methyl sites for hydroxylation is 1. The number of aromatic nitrogens is 3. The SMILES string of the molecule is CCn1nc2c(F)cc(N3CCN(C(=O)OC(C)(C)C)CC3)cc2c1N(C)c1ccc(C#N)c(-c2ccc(F)cc2)n1. The first kappa shape index (κ1) is 28.8. The van der Waals surface area contributed by atoms with E-state index >= 15 is 4.39 Å². The van der Waals surface area contributed by atoms with Crippen molar-refractivity contribution in [3.63, 3.8) is 0 Å². The smallest absolute Gasteiger partial charge is 0.410 e. The minimum Gasteiger partial charge on any atom is -0.444 e. The van der Waals surface area contributed by atoms with Gasteiger partial charge in [0.15, 0.2) is 5.82 Å². The number of pyridine rings is 1. The predicted octanol–water partition coefficient (Wildman–Crippen LogP) is 6.09. The quantitative estimate of drug-likeness (QED) is 0.285. The molecule has 9 nitrogen and oxygen atoms in total. The number of hydrogen-bond donors (Lipinski definition) is 0. The van der Waals surface area contributed by atoms with Crippen LogP contribution in [0, 0.1) is 23.0 Å². The van der Waals surface area contributed by atoms with Crippen molar-refractivity contribution in [1.82, 2.24) is 19.7 Å². The molecule has 0 spiro atoms. The molecule has 1 saturated heterocycles. The van der Waals surface area contributed by atoms with E-state index in [1.807, 2.05) is 50.6 Å². The van der Waals surface area contributed by atoms with Gasteiger partial charge in [-0.25, -0.2) is 23.2 Å². The number of anilines is 3. The van der Waals surface area contributed by atoms with Crippen LogP contribution in [0.4, 0.5) is 30.9 Å². The monoisotopic (exact) mass is 573 g/mol. The Balaban J connectivity index is 1.49. The molecule has 218 valence electrons. The molecule has 0 saturated carbocycles. The van der Waals surface area contributed by atoms with Gasteiger partial charge in [-0.1, -0.05) is 0 Å². The van der Waals surface area contributed by atoms with Crippen LogP contribution in [-0.4, -0.2) is 64.6 Å². The minimum atomic E-state index is -0.576. The molecule has 5 rings (SSSR count). The van der Waals surface area contributed by atoms with Crippen LogP contribution in [0.1, 0.15) is 33.3 Å². The van der Waals surface area contributed by atoms with Crippen molar-refractivity contribution in [2.75, 3.05) is 43.0 Å². The lowest BCUT2D eigenvalue weighted by Crippen LogP contribution is -2.50. The number of piperazine rings is 1. The van der Waals surface area contributed by atoms with Gasteiger partial charge in [-0.05, 0) is 76.2 Å². The second kappa shape index (κ2) is 11.3. The van der Waals surface area contributed by atoms with Crippen LogP contribution in [0.15, 0.2) is 48.5 Å². The first-order chi connectivity index (χ1) is 20.0. The molecule has 1 amide bonds. The maximum Gasteiger partial charge on any atom is 0.410 e. The Bertz CT molecular complexity index is 1660. The van der Waals surface area contributed by atoms with Crippen molar-refractivity contribution in [3.8, 4) is 17.3 Å². The summed E-state index contributed by atoms with van der Waals surface area (Å²) in [5.74, 6) is 0.330. The zero-order valence-corrected chi connectivity index (χ0v) is 24.4. The van der Waals surface area contributed by atoms with Gasteiger partial charge in [0.2, 0.25) is 0 Å². The Kier molecular flexibility index (Phi) is 7.73. The molecule has 3 heterocycles. The number of nitriles is 1. The summed E-state index contributed by atoms with van der Waals surface area (Å²) in [5.41, 5.74) is 1.73. The molecular weight excluding hydrogens is 540 g/mol. The van der Waals surface area contributed by atoms with Crippen LogP contribution in [0.5, 0.6) is 0 Å². The fourth-order valence-corrected chi connectivity index (χ4v) is 5.06. The second-order valence-corrected chi connectivity index (χ2v) is 11.2. The van der Waals surface area contributed by atoms with Gasteiger partial charge < -0.3 is 19.4 Å². The number of halogens is 2. The average molecular weight is 574 g/mol. The van der Waals surface area contributed by atoms with Crippen molar-refractivity contribution >= 4 is 34.3 Å². The largest absolute Gasteiger partial charge is 0.444 e. The Hall–Kier alpha value is -4.72. The van der Waals surface area contributed by atoms with Crippen LogP contribution in [0.3, 0.4) is 0 Å². The molecule has 11 heteroatoms. The van der Waals surface area contributed by atoms with E-state index in [1.54, 1.807) is 33.8 Å². The molecule has 42 heavy (non-hydrogen) atoms. The molecule has 0 radical (unpaired) electrons. The van der Waals surface area contributed by atoms with Crippen molar-refractivity contribution in [2.45, 2.75) is 39.8 Å². The normalized spacial score (nSPS) is 13.8. The highest BCUT2D eigenvalue weighted by molar-refractivity contribution is 5.95. The van der Waals surface area contributed by atoms with Gasteiger partial charge in [0, 0.05) is 56.4 Å². The van der Waals surface area contributed by atoms with E-state index < -0.39 is 11.4 Å². The number of nitrogens with zero attached hydrogens (tertiary/aromatic N) is 7. The van der Waals surface area contributed by atoms with Crippen LogP contribution in [0.25, 0.3) is 22.2 Å². The summed E-state index contributed by atoms with van der Waals surface area (Å²) in [5, 5.41) is 14.8. The van der Waals surface area contributed by atoms with E-state index in [9.17, 15) is 14.4 Å². The number of carbonyl (C=O) groups is 1. The van der Waals surface area contributed by atoms with Crippen LogP contribution < -0.4 is 9.80 Å². The number of hydrogen-bond acceptors (Lipinski definition) is 7.